The van der Waals surface area contributed by atoms with Crippen molar-refractivity contribution in [2.24, 2.45) is 0 Å². The molecule has 190 valence electrons. The molecule has 2 saturated heterocycles. The van der Waals surface area contributed by atoms with Gasteiger partial charge in [0.05, 0.1) is 24.5 Å². The van der Waals surface area contributed by atoms with E-state index in [0.29, 0.717) is 31.4 Å². The molecule has 5 rings (SSSR count). The molecule has 3 amide bonds. The predicted octanol–water partition coefficient (Wildman–Crippen LogP) is 2.15. The number of amides is 3. The van der Waals surface area contributed by atoms with E-state index in [1.807, 2.05) is 19.1 Å². The van der Waals surface area contributed by atoms with Crippen molar-refractivity contribution in [3.05, 3.63) is 72.2 Å². The number of fused-ring (bicyclic) bond motifs is 2. The van der Waals surface area contributed by atoms with E-state index in [4.69, 9.17) is 0 Å². The van der Waals surface area contributed by atoms with E-state index in [2.05, 4.69) is 15.3 Å². The maximum Gasteiger partial charge on any atom is 0.251 e. The Morgan fingerprint density at radius 1 is 1.11 bits per heavy atom. The van der Waals surface area contributed by atoms with Crippen LogP contribution in [0.25, 0.3) is 10.9 Å². The molecule has 9 heteroatoms. The molecule has 0 saturated carbocycles. The first-order chi connectivity index (χ1) is 18.0. The third kappa shape index (κ3) is 4.94. The van der Waals surface area contributed by atoms with Gasteiger partial charge in [0.2, 0.25) is 11.8 Å². The zero-order valence-electron chi connectivity index (χ0n) is 20.7. The number of aromatic nitrogens is 2. The van der Waals surface area contributed by atoms with Crippen LogP contribution >= 0.6 is 0 Å². The van der Waals surface area contributed by atoms with E-state index in [1.54, 1.807) is 58.7 Å². The van der Waals surface area contributed by atoms with Crippen molar-refractivity contribution in [3.63, 3.8) is 0 Å². The number of hydrogen-bond donors (Lipinski definition) is 1. The van der Waals surface area contributed by atoms with Crippen LogP contribution in [0.4, 0.5) is 0 Å². The molecule has 0 spiro atoms. The fourth-order valence-corrected chi connectivity index (χ4v) is 5.37. The van der Waals surface area contributed by atoms with E-state index in [1.165, 1.54) is 0 Å². The largest absolute Gasteiger partial charge is 0.340 e. The van der Waals surface area contributed by atoms with Crippen LogP contribution in [0.3, 0.4) is 0 Å². The van der Waals surface area contributed by atoms with Gasteiger partial charge in [-0.05, 0) is 48.7 Å². The monoisotopic (exact) mass is 499 g/mol. The molecule has 2 aliphatic heterocycles. The summed E-state index contributed by atoms with van der Waals surface area (Å²) >= 11 is 0. The highest BCUT2D eigenvalue weighted by atomic mass is 16.2. The van der Waals surface area contributed by atoms with Gasteiger partial charge in [0, 0.05) is 36.1 Å². The molecular weight excluding hydrogens is 470 g/mol. The summed E-state index contributed by atoms with van der Waals surface area (Å²) in [6.07, 6.45) is 6.81. The minimum Gasteiger partial charge on any atom is -0.340 e. The molecule has 2 aromatic heterocycles. The summed E-state index contributed by atoms with van der Waals surface area (Å²) in [5.74, 6) is -0.911. The molecule has 0 bridgehead atoms. The normalized spacial score (nSPS) is 19.6. The molecule has 2 aliphatic rings. The lowest BCUT2D eigenvalue weighted by Gasteiger charge is -2.28. The fourth-order valence-electron chi connectivity index (χ4n) is 5.37. The van der Waals surface area contributed by atoms with Crippen LogP contribution in [0.1, 0.15) is 42.1 Å². The van der Waals surface area contributed by atoms with Gasteiger partial charge in [-0.15, -0.1) is 0 Å². The molecule has 0 aliphatic carbocycles. The molecule has 3 aromatic rings. The summed E-state index contributed by atoms with van der Waals surface area (Å²) < 4.78 is 0. The van der Waals surface area contributed by atoms with Gasteiger partial charge < -0.3 is 15.1 Å². The van der Waals surface area contributed by atoms with Crippen LogP contribution in [0.5, 0.6) is 0 Å². The van der Waals surface area contributed by atoms with Gasteiger partial charge in [-0.3, -0.25) is 29.1 Å². The summed E-state index contributed by atoms with van der Waals surface area (Å²) in [5, 5.41) is 3.72. The van der Waals surface area contributed by atoms with E-state index < -0.39 is 12.1 Å². The van der Waals surface area contributed by atoms with Crippen LogP contribution in [0, 0.1) is 0 Å². The number of nitrogens with zero attached hydrogens (tertiary/aromatic N) is 4. The smallest absolute Gasteiger partial charge is 0.251 e. The zero-order valence-corrected chi connectivity index (χ0v) is 20.7. The Kier molecular flexibility index (Phi) is 6.94. The van der Waals surface area contributed by atoms with Crippen LogP contribution in [-0.2, 0) is 20.8 Å². The van der Waals surface area contributed by atoms with Gasteiger partial charge in [0.15, 0.2) is 5.78 Å². The van der Waals surface area contributed by atoms with Gasteiger partial charge >= 0.3 is 0 Å². The first-order valence-corrected chi connectivity index (χ1v) is 12.6. The lowest BCUT2D eigenvalue weighted by Crippen LogP contribution is -2.52. The lowest BCUT2D eigenvalue weighted by atomic mass is 10.1. The number of benzene rings is 1. The summed E-state index contributed by atoms with van der Waals surface area (Å²) in [7, 11) is 0. The third-order valence-electron chi connectivity index (χ3n) is 7.15. The maximum atomic E-state index is 13.6. The SMILES string of the molecule is CCCC(NC(=O)c1ccc2ncccc2c1)C(=O)N1CCC2C1C(=O)CN2C(=O)Cc1cccnc1. The standard InChI is InChI=1S/C28H29N5O4/c1-2-5-22(31-27(36)20-8-9-21-19(15-20)7-4-12-30-21)28(37)32-13-10-23-26(32)24(34)17-33(23)25(35)14-18-6-3-11-29-16-18/h3-4,6-9,11-12,15-16,22-23,26H,2,5,10,13-14,17H2,1H3,(H,31,36). The quantitative estimate of drug-likeness (QED) is 0.533. The molecule has 1 aromatic carbocycles. The van der Waals surface area contributed by atoms with Crippen molar-refractivity contribution in [1.29, 1.82) is 0 Å². The molecule has 3 unspecified atom stereocenters. The van der Waals surface area contributed by atoms with Gasteiger partial charge in [-0.2, -0.15) is 0 Å². The molecule has 37 heavy (non-hydrogen) atoms. The molecular formula is C28H29N5O4. The van der Waals surface area contributed by atoms with Crippen LogP contribution in [-0.4, -0.2) is 74.5 Å². The highest BCUT2D eigenvalue weighted by Crippen LogP contribution is 2.31. The van der Waals surface area contributed by atoms with Gasteiger partial charge in [0.25, 0.3) is 5.91 Å². The summed E-state index contributed by atoms with van der Waals surface area (Å²) in [6.45, 7) is 2.31. The van der Waals surface area contributed by atoms with Crippen molar-refractivity contribution in [2.75, 3.05) is 13.1 Å². The number of hydrogen-bond acceptors (Lipinski definition) is 6. The highest BCUT2D eigenvalue weighted by Gasteiger charge is 2.52. The van der Waals surface area contributed by atoms with Crippen molar-refractivity contribution in [3.8, 4) is 0 Å². The Bertz CT molecular complexity index is 1340. The number of Topliss-reactive ketones (excluding diaryl/α,β-unsaturated/α-hetero) is 1. The van der Waals surface area contributed by atoms with E-state index in [0.717, 1.165) is 16.5 Å². The number of likely N-dealkylation sites (tertiary alicyclic amines) is 2. The first kappa shape index (κ1) is 24.5. The summed E-state index contributed by atoms with van der Waals surface area (Å²) in [4.78, 5) is 64.2. The second-order valence-corrected chi connectivity index (χ2v) is 9.58. The number of rotatable bonds is 7. The van der Waals surface area contributed by atoms with Gasteiger partial charge in [0.1, 0.15) is 12.1 Å². The topological polar surface area (TPSA) is 113 Å². The maximum absolute atomic E-state index is 13.6. The number of nitrogens with one attached hydrogen (secondary N) is 1. The summed E-state index contributed by atoms with van der Waals surface area (Å²) in [6, 6.07) is 10.7. The van der Waals surface area contributed by atoms with Crippen LogP contribution < -0.4 is 5.32 Å². The minimum absolute atomic E-state index is 0.00582. The molecule has 3 atom stereocenters. The molecule has 1 N–H and O–H groups in total. The highest BCUT2D eigenvalue weighted by molar-refractivity contribution is 6.02. The van der Waals surface area contributed by atoms with Crippen LogP contribution in [0.2, 0.25) is 0 Å². The Morgan fingerprint density at radius 2 is 1.95 bits per heavy atom. The van der Waals surface area contributed by atoms with E-state index >= 15 is 0 Å². The second kappa shape index (κ2) is 10.5. The Labute approximate surface area is 214 Å². The number of carbonyl (C=O) groups excluding carboxylic acids is 4. The Balaban J connectivity index is 1.29. The third-order valence-corrected chi connectivity index (χ3v) is 7.15. The molecule has 2 fully saturated rings. The van der Waals surface area contributed by atoms with Crippen LogP contribution in [0.15, 0.2) is 61.1 Å². The number of pyridine rings is 2. The minimum atomic E-state index is -0.756. The number of ketones is 1. The van der Waals surface area contributed by atoms with Gasteiger partial charge in [-0.25, -0.2) is 0 Å². The molecule has 9 nitrogen and oxygen atoms in total. The molecule has 0 radical (unpaired) electrons. The van der Waals surface area contributed by atoms with Crippen molar-refractivity contribution in [1.82, 2.24) is 25.1 Å². The molecule has 4 heterocycles. The lowest BCUT2D eigenvalue weighted by molar-refractivity contribution is -0.138. The van der Waals surface area contributed by atoms with Crippen molar-refractivity contribution < 1.29 is 19.2 Å². The number of carbonyl (C=O) groups is 4. The average molecular weight is 500 g/mol. The predicted molar refractivity (Wildman–Crippen MR) is 136 cm³/mol. The Morgan fingerprint density at radius 3 is 2.73 bits per heavy atom. The first-order valence-electron chi connectivity index (χ1n) is 12.6. The van der Waals surface area contributed by atoms with Gasteiger partial charge in [-0.1, -0.05) is 25.5 Å². The Hall–Kier alpha value is -4.14. The van der Waals surface area contributed by atoms with E-state index in [-0.39, 0.29) is 42.5 Å². The summed E-state index contributed by atoms with van der Waals surface area (Å²) in [5.41, 5.74) is 2.01. The second-order valence-electron chi connectivity index (χ2n) is 9.58. The van der Waals surface area contributed by atoms with E-state index in [9.17, 15) is 19.2 Å². The van der Waals surface area contributed by atoms with Crippen molar-refractivity contribution in [2.45, 2.75) is 50.7 Å². The fraction of sp³-hybridized carbons (Fsp3) is 0.357. The average Bonchev–Trinajstić information content (AvgIpc) is 3.49. The van der Waals surface area contributed by atoms with Crippen molar-refractivity contribution >= 4 is 34.4 Å². The zero-order chi connectivity index (χ0) is 25.9.